The van der Waals surface area contributed by atoms with E-state index < -0.39 is 0 Å². The van der Waals surface area contributed by atoms with E-state index in [0.29, 0.717) is 29.7 Å². The maximum absolute atomic E-state index is 6.38. The van der Waals surface area contributed by atoms with E-state index in [1.807, 2.05) is 39.0 Å². The van der Waals surface area contributed by atoms with Gasteiger partial charge >= 0.3 is 0 Å². The lowest BCUT2D eigenvalue weighted by atomic mass is 10.1. The highest BCUT2D eigenvalue weighted by Gasteiger charge is 2.20. The number of hydrogen-bond acceptors (Lipinski definition) is 3. The van der Waals surface area contributed by atoms with Gasteiger partial charge in [0.05, 0.1) is 18.0 Å². The summed E-state index contributed by atoms with van der Waals surface area (Å²) in [7, 11) is 0. The number of alkyl halides is 1. The smallest absolute Gasteiger partial charge is 0.162 e. The van der Waals surface area contributed by atoms with Gasteiger partial charge in [-0.05, 0) is 44.5 Å². The van der Waals surface area contributed by atoms with Crippen molar-refractivity contribution >= 4 is 27.5 Å². The molecule has 0 aliphatic rings. The van der Waals surface area contributed by atoms with Crippen molar-refractivity contribution in [2.24, 2.45) is 0 Å². The predicted molar refractivity (Wildman–Crippen MR) is 88.0 cm³/mol. The van der Waals surface area contributed by atoms with Crippen molar-refractivity contribution in [3.8, 4) is 11.5 Å². The molecule has 1 atom stereocenters. The van der Waals surface area contributed by atoms with Gasteiger partial charge in [0.25, 0.3) is 0 Å². The normalized spacial score (nSPS) is 12.2. The van der Waals surface area contributed by atoms with Gasteiger partial charge in [-0.15, -0.1) is 0 Å². The zero-order chi connectivity index (χ0) is 15.4. The van der Waals surface area contributed by atoms with Crippen molar-refractivity contribution < 1.29 is 13.9 Å². The molecule has 0 amide bonds. The van der Waals surface area contributed by atoms with Crippen LogP contribution >= 0.6 is 27.5 Å². The van der Waals surface area contributed by atoms with Crippen LogP contribution in [0.15, 0.2) is 28.7 Å². The molecule has 0 aliphatic carbocycles. The number of aryl methyl sites for hydroxylation is 1. The number of ether oxygens (including phenoxy) is 2. The standard InChI is InChI=1S/C16H18BrClO3/c1-4-19-14-8-11(12(18)9-15(14)20-5-2)16(17)13-7-6-10(3)21-13/h6-9,16H,4-5H2,1-3H3. The molecule has 0 aliphatic heterocycles. The second-order valence-corrected chi connectivity index (χ2v) is 5.82. The second kappa shape index (κ2) is 7.23. The van der Waals surface area contributed by atoms with Gasteiger partial charge in [-0.2, -0.15) is 0 Å². The zero-order valence-electron chi connectivity index (χ0n) is 12.3. The first-order chi connectivity index (χ1) is 10.1. The second-order valence-electron chi connectivity index (χ2n) is 4.50. The Labute approximate surface area is 138 Å². The maximum Gasteiger partial charge on any atom is 0.162 e. The molecule has 5 heteroatoms. The molecule has 2 aromatic rings. The van der Waals surface area contributed by atoms with Crippen LogP contribution < -0.4 is 9.47 Å². The average Bonchev–Trinajstić information content (AvgIpc) is 2.88. The molecule has 1 unspecified atom stereocenters. The lowest BCUT2D eigenvalue weighted by molar-refractivity contribution is 0.287. The Morgan fingerprint density at radius 2 is 1.76 bits per heavy atom. The Morgan fingerprint density at radius 3 is 2.29 bits per heavy atom. The molecular formula is C16H18BrClO3. The molecule has 1 heterocycles. The summed E-state index contributed by atoms with van der Waals surface area (Å²) in [5.74, 6) is 3.01. The summed E-state index contributed by atoms with van der Waals surface area (Å²) in [5, 5.41) is 0.609. The van der Waals surface area contributed by atoms with Gasteiger partial charge in [0.1, 0.15) is 11.5 Å². The van der Waals surface area contributed by atoms with Gasteiger partial charge in [0.2, 0.25) is 0 Å². The van der Waals surface area contributed by atoms with E-state index in [-0.39, 0.29) is 4.83 Å². The van der Waals surface area contributed by atoms with Crippen LogP contribution in [0.25, 0.3) is 0 Å². The molecule has 114 valence electrons. The van der Waals surface area contributed by atoms with E-state index in [9.17, 15) is 0 Å². The molecule has 21 heavy (non-hydrogen) atoms. The van der Waals surface area contributed by atoms with Gasteiger partial charge in [-0.3, -0.25) is 0 Å². The lowest BCUT2D eigenvalue weighted by Gasteiger charge is -2.16. The molecule has 0 spiro atoms. The van der Waals surface area contributed by atoms with E-state index in [0.717, 1.165) is 17.1 Å². The van der Waals surface area contributed by atoms with Gasteiger partial charge in [-0.25, -0.2) is 0 Å². The van der Waals surface area contributed by atoms with Gasteiger partial charge in [-0.1, -0.05) is 27.5 Å². The Bertz CT molecular complexity index is 610. The fourth-order valence-electron chi connectivity index (χ4n) is 2.02. The Balaban J connectivity index is 2.40. The van der Waals surface area contributed by atoms with E-state index in [4.69, 9.17) is 25.5 Å². The summed E-state index contributed by atoms with van der Waals surface area (Å²) in [6.07, 6.45) is 0. The fraction of sp³-hybridized carbons (Fsp3) is 0.375. The van der Waals surface area contributed by atoms with Crippen LogP contribution in [0.3, 0.4) is 0 Å². The Kier molecular flexibility index (Phi) is 5.59. The van der Waals surface area contributed by atoms with Crippen molar-refractivity contribution in [3.63, 3.8) is 0 Å². The van der Waals surface area contributed by atoms with Crippen LogP contribution in [0.1, 0.15) is 35.8 Å². The maximum atomic E-state index is 6.38. The average molecular weight is 374 g/mol. The summed E-state index contributed by atoms with van der Waals surface area (Å²) >= 11 is 10.0. The molecule has 0 bridgehead atoms. The van der Waals surface area contributed by atoms with Crippen LogP contribution in [0, 0.1) is 6.92 Å². The van der Waals surface area contributed by atoms with Crippen molar-refractivity contribution in [2.45, 2.75) is 25.6 Å². The number of halogens is 2. The third-order valence-corrected chi connectivity index (χ3v) is 4.22. The lowest BCUT2D eigenvalue weighted by Crippen LogP contribution is -2.01. The van der Waals surface area contributed by atoms with E-state index in [2.05, 4.69) is 15.9 Å². The largest absolute Gasteiger partial charge is 0.490 e. The quantitative estimate of drug-likeness (QED) is 0.624. The summed E-state index contributed by atoms with van der Waals surface area (Å²) in [6, 6.07) is 7.54. The van der Waals surface area contributed by atoms with E-state index in [1.54, 1.807) is 6.07 Å². The van der Waals surface area contributed by atoms with Crippen molar-refractivity contribution in [3.05, 3.63) is 46.4 Å². The zero-order valence-corrected chi connectivity index (χ0v) is 14.6. The minimum absolute atomic E-state index is 0.131. The van der Waals surface area contributed by atoms with Crippen molar-refractivity contribution in [1.29, 1.82) is 0 Å². The van der Waals surface area contributed by atoms with Crippen molar-refractivity contribution in [1.82, 2.24) is 0 Å². The first-order valence-corrected chi connectivity index (χ1v) is 8.15. The highest BCUT2D eigenvalue weighted by molar-refractivity contribution is 9.09. The number of benzene rings is 1. The molecule has 2 rings (SSSR count). The minimum atomic E-state index is -0.131. The highest BCUT2D eigenvalue weighted by atomic mass is 79.9. The van der Waals surface area contributed by atoms with Gasteiger partial charge < -0.3 is 13.9 Å². The highest BCUT2D eigenvalue weighted by Crippen LogP contribution is 2.41. The molecule has 0 saturated carbocycles. The molecule has 0 saturated heterocycles. The summed E-state index contributed by atoms with van der Waals surface area (Å²) < 4.78 is 16.9. The first-order valence-electron chi connectivity index (χ1n) is 6.86. The van der Waals surface area contributed by atoms with E-state index >= 15 is 0 Å². The number of furan rings is 1. The third kappa shape index (κ3) is 3.74. The van der Waals surface area contributed by atoms with Crippen LogP contribution in [-0.2, 0) is 0 Å². The van der Waals surface area contributed by atoms with E-state index in [1.165, 1.54) is 0 Å². The topological polar surface area (TPSA) is 31.6 Å². The fourth-order valence-corrected chi connectivity index (χ4v) is 3.04. The van der Waals surface area contributed by atoms with Crippen molar-refractivity contribution in [2.75, 3.05) is 13.2 Å². The Hall–Kier alpha value is -1.13. The Morgan fingerprint density at radius 1 is 1.14 bits per heavy atom. The van der Waals surface area contributed by atoms with Crippen LogP contribution in [0.4, 0.5) is 0 Å². The molecule has 3 nitrogen and oxygen atoms in total. The molecule has 1 aromatic heterocycles. The van der Waals surface area contributed by atoms with Gasteiger partial charge in [0.15, 0.2) is 11.5 Å². The molecular weight excluding hydrogens is 356 g/mol. The monoisotopic (exact) mass is 372 g/mol. The SMILES string of the molecule is CCOc1cc(Cl)c(C(Br)c2ccc(C)o2)cc1OCC. The number of hydrogen-bond donors (Lipinski definition) is 0. The molecule has 0 N–H and O–H groups in total. The number of rotatable bonds is 6. The first kappa shape index (κ1) is 16.2. The molecule has 1 aromatic carbocycles. The van der Waals surface area contributed by atoms with Crippen LogP contribution in [0.2, 0.25) is 5.02 Å². The summed E-state index contributed by atoms with van der Waals surface area (Å²) in [4.78, 5) is -0.131. The third-order valence-electron chi connectivity index (χ3n) is 2.95. The minimum Gasteiger partial charge on any atom is -0.490 e. The van der Waals surface area contributed by atoms with Crippen LogP contribution in [0.5, 0.6) is 11.5 Å². The van der Waals surface area contributed by atoms with Crippen LogP contribution in [-0.4, -0.2) is 13.2 Å². The molecule has 0 fully saturated rings. The predicted octanol–water partition coefficient (Wildman–Crippen LogP) is 5.52. The molecule has 0 radical (unpaired) electrons. The summed E-state index contributed by atoms with van der Waals surface area (Å²) in [6.45, 7) is 6.90. The summed E-state index contributed by atoms with van der Waals surface area (Å²) in [5.41, 5.74) is 0.887. The van der Waals surface area contributed by atoms with Gasteiger partial charge in [0, 0.05) is 11.1 Å².